The fourth-order valence-electron chi connectivity index (χ4n) is 1.37. The zero-order valence-corrected chi connectivity index (χ0v) is 13.1. The van der Waals surface area contributed by atoms with Crippen molar-refractivity contribution in [1.29, 1.82) is 0 Å². The SMILES string of the molecule is CSCCC(N)c1nc(-c2ccncc2)no1.O=C(O)C(=O)O. The number of nitrogens with two attached hydrogens (primary N) is 1. The molecule has 9 nitrogen and oxygen atoms in total. The molecule has 0 saturated heterocycles. The number of hydrogen-bond acceptors (Lipinski definition) is 8. The van der Waals surface area contributed by atoms with Gasteiger partial charge in [-0.1, -0.05) is 5.16 Å². The average Bonchev–Trinajstić information content (AvgIpc) is 3.04. The molecule has 2 aromatic rings. The largest absolute Gasteiger partial charge is 0.473 e. The monoisotopic (exact) mass is 340 g/mol. The molecule has 2 rings (SSSR count). The molecule has 0 amide bonds. The first-order chi connectivity index (χ1) is 11.0. The molecule has 1 unspecified atom stereocenters. The van der Waals surface area contributed by atoms with Crippen LogP contribution in [-0.2, 0) is 9.59 Å². The summed E-state index contributed by atoms with van der Waals surface area (Å²) in [4.78, 5) is 26.4. The fourth-order valence-corrected chi connectivity index (χ4v) is 1.86. The van der Waals surface area contributed by atoms with E-state index < -0.39 is 11.9 Å². The Balaban J connectivity index is 0.000000379. The van der Waals surface area contributed by atoms with Gasteiger partial charge in [0.25, 0.3) is 0 Å². The van der Waals surface area contributed by atoms with Gasteiger partial charge >= 0.3 is 11.9 Å². The van der Waals surface area contributed by atoms with E-state index in [9.17, 15) is 0 Å². The van der Waals surface area contributed by atoms with Gasteiger partial charge in [0.2, 0.25) is 11.7 Å². The molecule has 0 aromatic carbocycles. The highest BCUT2D eigenvalue weighted by atomic mass is 32.2. The summed E-state index contributed by atoms with van der Waals surface area (Å²) in [6.07, 6.45) is 6.26. The maximum absolute atomic E-state index is 9.10. The first kappa shape index (κ1) is 18.6. The van der Waals surface area contributed by atoms with Crippen LogP contribution in [0.25, 0.3) is 11.4 Å². The number of pyridine rings is 1. The van der Waals surface area contributed by atoms with Crippen LogP contribution in [0.5, 0.6) is 0 Å². The molecule has 0 saturated carbocycles. The molecule has 1 atom stereocenters. The molecule has 0 spiro atoms. The van der Waals surface area contributed by atoms with Crippen LogP contribution in [0.15, 0.2) is 29.0 Å². The van der Waals surface area contributed by atoms with Crippen molar-refractivity contribution < 1.29 is 24.3 Å². The first-order valence-electron chi connectivity index (χ1n) is 6.40. The molecule has 0 aliphatic carbocycles. The summed E-state index contributed by atoms with van der Waals surface area (Å²) in [7, 11) is 0. The van der Waals surface area contributed by atoms with Gasteiger partial charge in [-0.3, -0.25) is 4.98 Å². The molecule has 2 heterocycles. The van der Waals surface area contributed by atoms with E-state index in [1.807, 2.05) is 18.4 Å². The maximum Gasteiger partial charge on any atom is 0.414 e. The summed E-state index contributed by atoms with van der Waals surface area (Å²) < 4.78 is 5.16. The molecule has 0 aliphatic rings. The van der Waals surface area contributed by atoms with Crippen LogP contribution in [0.2, 0.25) is 0 Å². The van der Waals surface area contributed by atoms with Crippen molar-refractivity contribution in [2.45, 2.75) is 12.5 Å². The lowest BCUT2D eigenvalue weighted by Gasteiger charge is -2.03. The van der Waals surface area contributed by atoms with E-state index in [-0.39, 0.29) is 6.04 Å². The van der Waals surface area contributed by atoms with Crippen molar-refractivity contribution in [1.82, 2.24) is 15.1 Å². The van der Waals surface area contributed by atoms with Crippen LogP contribution in [0.1, 0.15) is 18.4 Å². The first-order valence-corrected chi connectivity index (χ1v) is 7.79. The molecule has 0 bridgehead atoms. The summed E-state index contributed by atoms with van der Waals surface area (Å²) in [6, 6.07) is 3.48. The number of rotatable bonds is 5. The third-order valence-corrected chi connectivity index (χ3v) is 3.16. The van der Waals surface area contributed by atoms with Gasteiger partial charge in [-0.15, -0.1) is 0 Å². The predicted molar refractivity (Wildman–Crippen MR) is 82.7 cm³/mol. The van der Waals surface area contributed by atoms with E-state index in [1.54, 1.807) is 24.2 Å². The number of carboxylic acids is 2. The average molecular weight is 340 g/mol. The summed E-state index contributed by atoms with van der Waals surface area (Å²) in [5, 5.41) is 18.7. The van der Waals surface area contributed by atoms with E-state index in [2.05, 4.69) is 15.1 Å². The molecule has 10 heteroatoms. The molecule has 0 fully saturated rings. The van der Waals surface area contributed by atoms with Crippen molar-refractivity contribution in [3.05, 3.63) is 30.4 Å². The van der Waals surface area contributed by atoms with Crippen molar-refractivity contribution in [2.75, 3.05) is 12.0 Å². The molecule has 0 radical (unpaired) electrons. The summed E-state index contributed by atoms with van der Waals surface area (Å²) >= 11 is 1.75. The number of aliphatic carboxylic acids is 2. The Labute approximate surface area is 135 Å². The van der Waals surface area contributed by atoms with E-state index >= 15 is 0 Å². The van der Waals surface area contributed by atoms with Gasteiger partial charge in [0.15, 0.2) is 0 Å². The summed E-state index contributed by atoms with van der Waals surface area (Å²) in [6.45, 7) is 0. The van der Waals surface area contributed by atoms with Crippen LogP contribution in [-0.4, -0.2) is 49.3 Å². The van der Waals surface area contributed by atoms with Crippen molar-refractivity contribution >= 4 is 23.7 Å². The molecule has 23 heavy (non-hydrogen) atoms. The third-order valence-electron chi connectivity index (χ3n) is 2.51. The van der Waals surface area contributed by atoms with E-state index in [1.165, 1.54) is 0 Å². The second kappa shape index (κ2) is 9.54. The van der Waals surface area contributed by atoms with Gasteiger partial charge in [-0.25, -0.2) is 9.59 Å². The van der Waals surface area contributed by atoms with Crippen molar-refractivity contribution in [3.8, 4) is 11.4 Å². The summed E-state index contributed by atoms with van der Waals surface area (Å²) in [5.41, 5.74) is 6.83. The zero-order chi connectivity index (χ0) is 17.2. The van der Waals surface area contributed by atoms with Crippen LogP contribution >= 0.6 is 11.8 Å². The quantitative estimate of drug-likeness (QED) is 0.673. The van der Waals surface area contributed by atoms with Crippen LogP contribution < -0.4 is 5.73 Å². The minimum Gasteiger partial charge on any atom is -0.473 e. The number of nitrogens with zero attached hydrogens (tertiary/aromatic N) is 3. The second-order valence-corrected chi connectivity index (χ2v) is 5.18. The van der Waals surface area contributed by atoms with E-state index in [0.29, 0.717) is 11.7 Å². The van der Waals surface area contributed by atoms with E-state index in [0.717, 1.165) is 17.7 Å². The predicted octanol–water partition coefficient (Wildman–Crippen LogP) is 1.04. The van der Waals surface area contributed by atoms with Crippen molar-refractivity contribution in [3.63, 3.8) is 0 Å². The third kappa shape index (κ3) is 6.45. The number of carboxylic acid groups (broad SMARTS) is 2. The number of hydrogen-bond donors (Lipinski definition) is 3. The Morgan fingerprint density at radius 1 is 1.30 bits per heavy atom. The van der Waals surface area contributed by atoms with Gasteiger partial charge in [0.05, 0.1) is 6.04 Å². The smallest absolute Gasteiger partial charge is 0.414 e. The van der Waals surface area contributed by atoms with Gasteiger partial charge in [0, 0.05) is 18.0 Å². The van der Waals surface area contributed by atoms with Crippen LogP contribution in [0.3, 0.4) is 0 Å². The van der Waals surface area contributed by atoms with Gasteiger partial charge in [-0.05, 0) is 30.6 Å². The fraction of sp³-hybridized carbons (Fsp3) is 0.308. The lowest BCUT2D eigenvalue weighted by Crippen LogP contribution is -2.11. The van der Waals surface area contributed by atoms with Gasteiger partial charge < -0.3 is 20.5 Å². The Bertz CT molecular complexity index is 622. The molecule has 2 aromatic heterocycles. The zero-order valence-electron chi connectivity index (χ0n) is 12.2. The Morgan fingerprint density at radius 3 is 2.43 bits per heavy atom. The Hall–Kier alpha value is -2.46. The maximum atomic E-state index is 9.10. The summed E-state index contributed by atoms with van der Waals surface area (Å²) in [5.74, 6) is -1.62. The van der Waals surface area contributed by atoms with Crippen molar-refractivity contribution in [2.24, 2.45) is 5.73 Å². The van der Waals surface area contributed by atoms with Gasteiger partial charge in [-0.2, -0.15) is 16.7 Å². The second-order valence-electron chi connectivity index (χ2n) is 4.19. The lowest BCUT2D eigenvalue weighted by molar-refractivity contribution is -0.159. The minimum absolute atomic E-state index is 0.189. The van der Waals surface area contributed by atoms with E-state index in [4.69, 9.17) is 30.1 Å². The Morgan fingerprint density at radius 2 is 1.91 bits per heavy atom. The highest BCUT2D eigenvalue weighted by Gasteiger charge is 2.15. The molecular weight excluding hydrogens is 324 g/mol. The molecule has 4 N–H and O–H groups in total. The standard InChI is InChI=1S/C11H14N4OS.C2H2O4/c1-17-7-4-9(12)11-14-10(15-16-11)8-2-5-13-6-3-8;3-1(4)2(5)6/h2-3,5-6,9H,4,7,12H2,1H3;(H,3,4)(H,5,6). The topological polar surface area (TPSA) is 152 Å². The number of aromatic nitrogens is 3. The number of thioether (sulfide) groups is 1. The number of carbonyl (C=O) groups is 2. The normalized spacial score (nSPS) is 11.2. The van der Waals surface area contributed by atoms with Gasteiger partial charge in [0.1, 0.15) is 0 Å². The molecule has 124 valence electrons. The molecular formula is C13H16N4O5S. The van der Waals surface area contributed by atoms with Crippen LogP contribution in [0.4, 0.5) is 0 Å². The Kier molecular flexibility index (Phi) is 7.71. The van der Waals surface area contributed by atoms with Crippen LogP contribution in [0, 0.1) is 0 Å². The molecule has 0 aliphatic heterocycles. The lowest BCUT2D eigenvalue weighted by atomic mass is 10.2. The highest BCUT2D eigenvalue weighted by molar-refractivity contribution is 7.98. The minimum atomic E-state index is -1.82. The highest BCUT2D eigenvalue weighted by Crippen LogP contribution is 2.19.